The van der Waals surface area contributed by atoms with E-state index >= 15 is 0 Å². The number of ether oxygens (including phenoxy) is 1. The van der Waals surface area contributed by atoms with Crippen LogP contribution in [0.2, 0.25) is 0 Å². The van der Waals surface area contributed by atoms with Crippen LogP contribution in [-0.2, 0) is 9.53 Å². The van der Waals surface area contributed by atoms with E-state index in [1.807, 2.05) is 20.8 Å². The minimum atomic E-state index is -0.615. The Balaban J connectivity index is 2.87. The second-order valence-electron chi connectivity index (χ2n) is 4.21. The second-order valence-corrected chi connectivity index (χ2v) is 4.21. The molecular formula is C10H19NO3. The van der Waals surface area contributed by atoms with Crippen LogP contribution in [0.4, 0.5) is 0 Å². The quantitative estimate of drug-likeness (QED) is 0.651. The van der Waals surface area contributed by atoms with Crippen molar-refractivity contribution in [1.29, 1.82) is 0 Å². The van der Waals surface area contributed by atoms with Crippen molar-refractivity contribution in [2.24, 2.45) is 0 Å². The van der Waals surface area contributed by atoms with Gasteiger partial charge in [-0.3, -0.25) is 10.1 Å². The van der Waals surface area contributed by atoms with E-state index in [-0.39, 0.29) is 19.2 Å². The highest BCUT2D eigenvalue weighted by atomic mass is 16.5. The first kappa shape index (κ1) is 11.5. The summed E-state index contributed by atoms with van der Waals surface area (Å²) in [7, 11) is 0. The van der Waals surface area contributed by atoms with E-state index in [9.17, 15) is 9.90 Å². The molecule has 1 atom stereocenters. The fourth-order valence-corrected chi connectivity index (χ4v) is 1.83. The number of esters is 1. The Kier molecular flexibility index (Phi) is 3.17. The predicted molar refractivity (Wildman–Crippen MR) is 52.9 cm³/mol. The highest BCUT2D eigenvalue weighted by Crippen LogP contribution is 2.26. The maximum Gasteiger partial charge on any atom is 0.326 e. The molecule has 0 bridgehead atoms. The highest BCUT2D eigenvalue weighted by Gasteiger charge is 2.46. The summed E-state index contributed by atoms with van der Waals surface area (Å²) in [5, 5.41) is 12.4. The van der Waals surface area contributed by atoms with Gasteiger partial charge in [-0.05, 0) is 19.8 Å². The minimum Gasteiger partial charge on any atom is -0.462 e. The topological polar surface area (TPSA) is 58.6 Å². The van der Waals surface area contributed by atoms with E-state index in [0.29, 0.717) is 12.8 Å². The van der Waals surface area contributed by atoms with Gasteiger partial charge in [-0.2, -0.15) is 0 Å². The number of morpholine rings is 1. The normalized spacial score (nSPS) is 31.3. The second kappa shape index (κ2) is 3.87. The number of carbonyl (C=O) groups excluding carboxylic acids is 1. The van der Waals surface area contributed by atoms with Crippen LogP contribution < -0.4 is 5.32 Å². The first-order valence-corrected chi connectivity index (χ1v) is 5.09. The molecule has 0 spiro atoms. The van der Waals surface area contributed by atoms with E-state index in [4.69, 9.17) is 4.74 Å². The zero-order chi connectivity index (χ0) is 10.8. The summed E-state index contributed by atoms with van der Waals surface area (Å²) >= 11 is 0. The number of nitrogens with one attached hydrogen (secondary N) is 1. The Hall–Kier alpha value is -0.610. The number of aliphatic hydroxyl groups excluding tert-OH is 1. The van der Waals surface area contributed by atoms with Crippen molar-refractivity contribution < 1.29 is 14.6 Å². The predicted octanol–water partition coefficient (Wildman–Crippen LogP) is 0.443. The van der Waals surface area contributed by atoms with Crippen molar-refractivity contribution in [3.05, 3.63) is 0 Å². The molecule has 1 heterocycles. The van der Waals surface area contributed by atoms with E-state index in [0.717, 1.165) is 0 Å². The van der Waals surface area contributed by atoms with Gasteiger partial charge in [-0.15, -0.1) is 0 Å². The lowest BCUT2D eigenvalue weighted by Crippen LogP contribution is -2.68. The molecule has 1 fully saturated rings. The number of rotatable bonds is 3. The van der Waals surface area contributed by atoms with Crippen molar-refractivity contribution in [1.82, 2.24) is 5.32 Å². The average molecular weight is 201 g/mol. The molecule has 2 N–H and O–H groups in total. The molecule has 4 heteroatoms. The maximum absolute atomic E-state index is 11.6. The highest BCUT2D eigenvalue weighted by molar-refractivity contribution is 5.81. The van der Waals surface area contributed by atoms with E-state index in [1.54, 1.807) is 0 Å². The van der Waals surface area contributed by atoms with Crippen LogP contribution in [0.3, 0.4) is 0 Å². The summed E-state index contributed by atoms with van der Waals surface area (Å²) in [5.74, 6) is -0.201. The van der Waals surface area contributed by atoms with Gasteiger partial charge in [-0.1, -0.05) is 13.8 Å². The largest absolute Gasteiger partial charge is 0.462 e. The third kappa shape index (κ3) is 1.77. The molecule has 1 unspecified atom stereocenters. The summed E-state index contributed by atoms with van der Waals surface area (Å²) in [6, 6.07) is 0. The Morgan fingerprint density at radius 1 is 1.50 bits per heavy atom. The lowest BCUT2D eigenvalue weighted by Gasteiger charge is -2.44. The molecule has 0 radical (unpaired) electrons. The zero-order valence-corrected chi connectivity index (χ0v) is 9.09. The minimum absolute atomic E-state index is 0.0258. The summed E-state index contributed by atoms with van der Waals surface area (Å²) in [5.41, 5.74) is -1.12. The molecule has 0 aliphatic carbocycles. The van der Waals surface area contributed by atoms with Gasteiger partial charge in [0, 0.05) is 0 Å². The van der Waals surface area contributed by atoms with Crippen molar-refractivity contribution in [3.8, 4) is 0 Å². The van der Waals surface area contributed by atoms with Gasteiger partial charge in [-0.25, -0.2) is 0 Å². The molecule has 1 rings (SSSR count). The van der Waals surface area contributed by atoms with Crippen LogP contribution in [0.15, 0.2) is 0 Å². The fourth-order valence-electron chi connectivity index (χ4n) is 1.83. The summed E-state index contributed by atoms with van der Waals surface area (Å²) in [4.78, 5) is 11.6. The Morgan fingerprint density at radius 3 is 2.50 bits per heavy atom. The van der Waals surface area contributed by atoms with Crippen LogP contribution >= 0.6 is 0 Å². The number of aliphatic hydroxyl groups is 1. The molecule has 0 saturated carbocycles. The fraction of sp³-hybridized carbons (Fsp3) is 0.900. The van der Waals surface area contributed by atoms with Gasteiger partial charge in [0.25, 0.3) is 0 Å². The van der Waals surface area contributed by atoms with Crippen LogP contribution in [0.25, 0.3) is 0 Å². The molecule has 0 aromatic carbocycles. The van der Waals surface area contributed by atoms with Gasteiger partial charge in [0.05, 0.1) is 12.1 Å². The molecule has 1 aliphatic rings. The van der Waals surface area contributed by atoms with Crippen LogP contribution in [-0.4, -0.2) is 35.4 Å². The molecular weight excluding hydrogens is 182 g/mol. The van der Waals surface area contributed by atoms with Gasteiger partial charge in [0.15, 0.2) is 0 Å². The molecule has 14 heavy (non-hydrogen) atoms. The van der Waals surface area contributed by atoms with Gasteiger partial charge >= 0.3 is 5.97 Å². The van der Waals surface area contributed by atoms with Gasteiger partial charge in [0.1, 0.15) is 12.1 Å². The molecule has 0 aromatic rings. The Labute approximate surface area is 84.6 Å². The van der Waals surface area contributed by atoms with Crippen molar-refractivity contribution in [2.75, 3.05) is 13.2 Å². The smallest absolute Gasteiger partial charge is 0.326 e. The number of hydrogen-bond acceptors (Lipinski definition) is 4. The van der Waals surface area contributed by atoms with Gasteiger partial charge < -0.3 is 9.84 Å². The monoisotopic (exact) mass is 201 g/mol. The van der Waals surface area contributed by atoms with E-state index < -0.39 is 11.1 Å². The third-order valence-electron chi connectivity index (χ3n) is 3.01. The van der Waals surface area contributed by atoms with E-state index in [2.05, 4.69) is 5.32 Å². The number of cyclic esters (lactones) is 1. The standard InChI is InChI=1S/C10H19NO3/c1-4-10(5-2)8(13)14-7-9(3,6-12)11-10/h11-12H,4-7H2,1-3H3. The molecule has 1 saturated heterocycles. The van der Waals surface area contributed by atoms with Crippen molar-refractivity contribution in [2.45, 2.75) is 44.7 Å². The molecule has 82 valence electrons. The van der Waals surface area contributed by atoms with Crippen LogP contribution in [0, 0.1) is 0 Å². The maximum atomic E-state index is 11.6. The molecule has 4 nitrogen and oxygen atoms in total. The first-order valence-electron chi connectivity index (χ1n) is 5.09. The lowest BCUT2D eigenvalue weighted by molar-refractivity contribution is -0.165. The summed E-state index contributed by atoms with van der Waals surface area (Å²) < 4.78 is 5.12. The summed E-state index contributed by atoms with van der Waals surface area (Å²) in [6.45, 7) is 5.97. The van der Waals surface area contributed by atoms with Crippen molar-refractivity contribution >= 4 is 5.97 Å². The van der Waals surface area contributed by atoms with Crippen molar-refractivity contribution in [3.63, 3.8) is 0 Å². The molecule has 1 aliphatic heterocycles. The number of carbonyl (C=O) groups is 1. The zero-order valence-electron chi connectivity index (χ0n) is 9.09. The average Bonchev–Trinajstić information content (AvgIpc) is 2.22. The third-order valence-corrected chi connectivity index (χ3v) is 3.01. The van der Waals surface area contributed by atoms with Crippen LogP contribution in [0.1, 0.15) is 33.6 Å². The Bertz CT molecular complexity index is 225. The van der Waals surface area contributed by atoms with Crippen LogP contribution in [0.5, 0.6) is 0 Å². The Morgan fingerprint density at radius 2 is 2.07 bits per heavy atom. The first-order chi connectivity index (χ1) is 6.52. The molecule has 0 amide bonds. The van der Waals surface area contributed by atoms with E-state index in [1.165, 1.54) is 0 Å². The number of hydrogen-bond donors (Lipinski definition) is 2. The molecule has 0 aromatic heterocycles. The van der Waals surface area contributed by atoms with Gasteiger partial charge in [0.2, 0.25) is 0 Å². The lowest BCUT2D eigenvalue weighted by atomic mass is 9.86. The summed E-state index contributed by atoms with van der Waals surface area (Å²) in [6.07, 6.45) is 1.36. The SMILES string of the molecule is CCC1(CC)NC(C)(CO)COC1=O.